The molecule has 1 amide bonds. The summed E-state index contributed by atoms with van der Waals surface area (Å²) >= 11 is 0. The number of aromatic nitrogens is 2. The minimum Gasteiger partial charge on any atom is -0.487 e. The molecule has 3 aromatic rings. The Morgan fingerprint density at radius 3 is 2.74 bits per heavy atom. The van der Waals surface area contributed by atoms with Crippen LogP contribution in [0.3, 0.4) is 0 Å². The van der Waals surface area contributed by atoms with Gasteiger partial charge in [0.15, 0.2) is 0 Å². The Kier molecular flexibility index (Phi) is 4.93. The fourth-order valence-corrected chi connectivity index (χ4v) is 3.11. The minimum absolute atomic E-state index is 0.0413. The van der Waals surface area contributed by atoms with Crippen LogP contribution >= 0.6 is 0 Å². The van der Waals surface area contributed by atoms with E-state index in [0.717, 1.165) is 16.5 Å². The van der Waals surface area contributed by atoms with Gasteiger partial charge in [0.25, 0.3) is 0 Å². The molecule has 0 bridgehead atoms. The maximum Gasteiger partial charge on any atom is 0.244 e. The Morgan fingerprint density at radius 2 is 1.96 bits per heavy atom. The number of anilines is 1. The number of morpholine rings is 1. The van der Waals surface area contributed by atoms with Crippen molar-refractivity contribution in [2.24, 2.45) is 0 Å². The van der Waals surface area contributed by atoms with E-state index in [4.69, 9.17) is 15.2 Å². The van der Waals surface area contributed by atoms with Gasteiger partial charge in [-0.15, -0.1) is 0 Å². The second-order valence-electron chi connectivity index (χ2n) is 6.54. The molecular weight excluding hydrogens is 344 g/mol. The molecule has 1 aliphatic rings. The number of benzene rings is 2. The average Bonchev–Trinajstić information content (AvgIpc) is 3.08. The van der Waals surface area contributed by atoms with Crippen LogP contribution in [0.5, 0.6) is 5.75 Å². The summed E-state index contributed by atoms with van der Waals surface area (Å²) in [4.78, 5) is 14.2. The average molecular weight is 366 g/mol. The number of fused-ring (bicyclic) bond motifs is 1. The molecule has 7 heteroatoms. The van der Waals surface area contributed by atoms with Gasteiger partial charge in [-0.1, -0.05) is 30.3 Å². The Morgan fingerprint density at radius 1 is 1.19 bits per heavy atom. The highest BCUT2D eigenvalue weighted by atomic mass is 16.5. The third kappa shape index (κ3) is 4.03. The zero-order chi connectivity index (χ0) is 18.6. The van der Waals surface area contributed by atoms with E-state index >= 15 is 0 Å². The maximum absolute atomic E-state index is 12.4. The fraction of sp³-hybridized carbons (Fsp3) is 0.300. The van der Waals surface area contributed by atoms with Crippen LogP contribution in [0.15, 0.2) is 48.7 Å². The number of carbonyl (C=O) groups excluding carboxylic acids is 1. The fourth-order valence-electron chi connectivity index (χ4n) is 3.11. The van der Waals surface area contributed by atoms with Crippen molar-refractivity contribution in [3.05, 3.63) is 54.2 Å². The van der Waals surface area contributed by atoms with Gasteiger partial charge in [0, 0.05) is 30.7 Å². The molecule has 0 atom stereocenters. The molecule has 0 aliphatic carbocycles. The molecule has 2 aromatic carbocycles. The molecule has 1 fully saturated rings. The first kappa shape index (κ1) is 17.4. The van der Waals surface area contributed by atoms with Gasteiger partial charge in [-0.3, -0.25) is 9.48 Å². The van der Waals surface area contributed by atoms with E-state index in [-0.39, 0.29) is 12.5 Å². The van der Waals surface area contributed by atoms with Gasteiger partial charge in [0.05, 0.1) is 24.4 Å². The van der Waals surface area contributed by atoms with E-state index in [1.807, 2.05) is 48.7 Å². The van der Waals surface area contributed by atoms with Crippen LogP contribution in [0.25, 0.3) is 10.9 Å². The van der Waals surface area contributed by atoms with Crippen molar-refractivity contribution in [2.75, 3.05) is 32.0 Å². The molecule has 0 saturated carbocycles. The molecule has 2 N–H and O–H groups in total. The highest BCUT2D eigenvalue weighted by molar-refractivity contribution is 5.85. The monoisotopic (exact) mass is 366 g/mol. The third-order valence-corrected chi connectivity index (χ3v) is 4.58. The number of hydrogen-bond donors (Lipinski definition) is 1. The zero-order valence-corrected chi connectivity index (χ0v) is 15.0. The molecule has 0 unspecified atom stereocenters. The second-order valence-corrected chi connectivity index (χ2v) is 6.54. The number of nitrogens with zero attached hydrogens (tertiary/aromatic N) is 3. The summed E-state index contributed by atoms with van der Waals surface area (Å²) in [5.41, 5.74) is 8.50. The lowest BCUT2D eigenvalue weighted by molar-refractivity contribution is -0.136. The Hall–Kier alpha value is -3.06. The van der Waals surface area contributed by atoms with Gasteiger partial charge in [0.1, 0.15) is 18.9 Å². The Labute approximate surface area is 157 Å². The maximum atomic E-state index is 12.4. The first-order valence-corrected chi connectivity index (χ1v) is 8.98. The molecule has 1 aliphatic heterocycles. The topological polar surface area (TPSA) is 82.6 Å². The minimum atomic E-state index is 0.0413. The Bertz CT molecular complexity index is 933. The van der Waals surface area contributed by atoms with Crippen LogP contribution in [-0.2, 0) is 22.7 Å². The number of amides is 1. The number of nitrogens with two attached hydrogens (primary N) is 1. The van der Waals surface area contributed by atoms with Gasteiger partial charge in [-0.25, -0.2) is 0 Å². The first-order valence-electron chi connectivity index (χ1n) is 8.98. The lowest BCUT2D eigenvalue weighted by Gasteiger charge is -2.26. The van der Waals surface area contributed by atoms with E-state index in [1.54, 1.807) is 9.58 Å². The molecule has 0 spiro atoms. The first-order chi connectivity index (χ1) is 13.2. The van der Waals surface area contributed by atoms with Crippen LogP contribution in [0.1, 0.15) is 5.56 Å². The molecule has 4 rings (SSSR count). The van der Waals surface area contributed by atoms with Crippen LogP contribution < -0.4 is 10.5 Å². The van der Waals surface area contributed by atoms with Crippen LogP contribution in [0, 0.1) is 0 Å². The van der Waals surface area contributed by atoms with Crippen molar-refractivity contribution in [1.29, 1.82) is 0 Å². The highest BCUT2D eigenvalue weighted by Crippen LogP contribution is 2.28. The third-order valence-electron chi connectivity index (χ3n) is 4.58. The summed E-state index contributed by atoms with van der Waals surface area (Å²) in [6, 6.07) is 13.6. The van der Waals surface area contributed by atoms with Gasteiger partial charge in [-0.05, 0) is 11.6 Å². The molecular formula is C20H22N4O3. The van der Waals surface area contributed by atoms with Crippen molar-refractivity contribution in [3.63, 3.8) is 0 Å². The van der Waals surface area contributed by atoms with Crippen molar-refractivity contribution < 1.29 is 14.3 Å². The van der Waals surface area contributed by atoms with Crippen molar-refractivity contribution in [1.82, 2.24) is 14.7 Å². The summed E-state index contributed by atoms with van der Waals surface area (Å²) in [6.07, 6.45) is 1.84. The van der Waals surface area contributed by atoms with Crippen molar-refractivity contribution in [3.8, 4) is 5.75 Å². The summed E-state index contributed by atoms with van der Waals surface area (Å²) < 4.78 is 12.8. The normalized spacial score (nSPS) is 14.4. The number of nitrogen functional groups attached to an aromatic ring is 1. The molecule has 1 saturated heterocycles. The highest BCUT2D eigenvalue weighted by Gasteiger charge is 2.18. The van der Waals surface area contributed by atoms with E-state index < -0.39 is 0 Å². The van der Waals surface area contributed by atoms with Crippen LogP contribution in [0.2, 0.25) is 0 Å². The van der Waals surface area contributed by atoms with E-state index in [1.165, 1.54) is 0 Å². The standard InChI is InChI=1S/C20H22N4O3/c21-17-10-16-12-24(13-20(25)23-6-8-26-9-7-23)22-18(16)11-19(17)27-14-15-4-2-1-3-5-15/h1-5,10-12H,6-9,13-14,21H2. The smallest absolute Gasteiger partial charge is 0.244 e. The number of carbonyl (C=O) groups is 1. The molecule has 0 radical (unpaired) electrons. The molecule has 7 nitrogen and oxygen atoms in total. The summed E-state index contributed by atoms with van der Waals surface area (Å²) in [5.74, 6) is 0.635. The zero-order valence-electron chi connectivity index (χ0n) is 15.0. The number of hydrogen-bond acceptors (Lipinski definition) is 5. The lowest BCUT2D eigenvalue weighted by atomic mass is 10.2. The molecule has 1 aromatic heterocycles. The quantitative estimate of drug-likeness (QED) is 0.699. The summed E-state index contributed by atoms with van der Waals surface area (Å²) in [7, 11) is 0. The molecule has 2 heterocycles. The van der Waals surface area contributed by atoms with E-state index in [9.17, 15) is 4.79 Å². The largest absolute Gasteiger partial charge is 0.487 e. The van der Waals surface area contributed by atoms with Gasteiger partial charge >= 0.3 is 0 Å². The second kappa shape index (κ2) is 7.67. The van der Waals surface area contributed by atoms with Gasteiger partial charge in [0.2, 0.25) is 5.91 Å². The SMILES string of the molecule is Nc1cc2cn(CC(=O)N3CCOCC3)nc2cc1OCc1ccccc1. The molecule has 140 valence electrons. The Balaban J connectivity index is 1.48. The number of ether oxygens (including phenoxy) is 2. The van der Waals surface area contributed by atoms with Crippen molar-refractivity contribution >= 4 is 22.5 Å². The lowest BCUT2D eigenvalue weighted by Crippen LogP contribution is -2.42. The number of rotatable bonds is 5. The van der Waals surface area contributed by atoms with Crippen LogP contribution in [0.4, 0.5) is 5.69 Å². The van der Waals surface area contributed by atoms with Gasteiger partial charge < -0.3 is 20.1 Å². The predicted molar refractivity (Wildman–Crippen MR) is 102 cm³/mol. The van der Waals surface area contributed by atoms with E-state index in [0.29, 0.717) is 44.3 Å². The van der Waals surface area contributed by atoms with Gasteiger partial charge in [-0.2, -0.15) is 5.10 Å². The van der Waals surface area contributed by atoms with Crippen LogP contribution in [-0.4, -0.2) is 46.9 Å². The van der Waals surface area contributed by atoms with E-state index in [2.05, 4.69) is 5.10 Å². The summed E-state index contributed by atoms with van der Waals surface area (Å²) in [5, 5.41) is 5.39. The van der Waals surface area contributed by atoms with Crippen molar-refractivity contribution in [2.45, 2.75) is 13.2 Å². The predicted octanol–water partition coefficient (Wildman–Crippen LogP) is 2.06. The molecule has 27 heavy (non-hydrogen) atoms. The summed E-state index contributed by atoms with van der Waals surface area (Å²) in [6.45, 7) is 3.08.